The number of benzene rings is 1. The van der Waals surface area contributed by atoms with Gasteiger partial charge in [-0.3, -0.25) is 4.79 Å². The molecule has 24 heavy (non-hydrogen) atoms. The second-order valence-electron chi connectivity index (χ2n) is 6.13. The van der Waals surface area contributed by atoms with Crippen molar-refractivity contribution in [3.05, 3.63) is 59.5 Å². The van der Waals surface area contributed by atoms with Crippen molar-refractivity contribution in [1.29, 1.82) is 0 Å². The predicted molar refractivity (Wildman–Crippen MR) is 96.3 cm³/mol. The average Bonchev–Trinajstić information content (AvgIpc) is 3.10. The highest BCUT2D eigenvalue weighted by Gasteiger charge is 2.17. The third-order valence-corrected chi connectivity index (χ3v) is 4.17. The molecule has 1 amide bonds. The van der Waals surface area contributed by atoms with Crippen LogP contribution in [0.15, 0.2) is 46.9 Å². The van der Waals surface area contributed by atoms with E-state index in [2.05, 4.69) is 34.1 Å². The van der Waals surface area contributed by atoms with Gasteiger partial charge in [-0.05, 0) is 31.7 Å². The fourth-order valence-electron chi connectivity index (χ4n) is 3.01. The van der Waals surface area contributed by atoms with Crippen molar-refractivity contribution in [3.63, 3.8) is 0 Å². The molecule has 0 radical (unpaired) electrons. The normalized spacial score (nSPS) is 11.1. The van der Waals surface area contributed by atoms with Crippen molar-refractivity contribution in [2.75, 3.05) is 6.54 Å². The van der Waals surface area contributed by atoms with E-state index in [-0.39, 0.29) is 5.91 Å². The molecule has 0 aliphatic heterocycles. The fraction of sp³-hybridized carbons (Fsp3) is 0.350. The van der Waals surface area contributed by atoms with E-state index in [1.807, 2.05) is 32.0 Å². The van der Waals surface area contributed by atoms with E-state index >= 15 is 0 Å². The first-order valence-electron chi connectivity index (χ1n) is 8.61. The summed E-state index contributed by atoms with van der Waals surface area (Å²) >= 11 is 0. The van der Waals surface area contributed by atoms with Gasteiger partial charge in [-0.25, -0.2) is 0 Å². The molecule has 1 aromatic carbocycles. The number of hydrogen-bond donors (Lipinski definition) is 1. The first kappa shape index (κ1) is 16.4. The van der Waals surface area contributed by atoms with Crippen molar-refractivity contribution in [1.82, 2.24) is 9.88 Å². The SMILES string of the molecule is CCCNC(=O)c1cc2oc(C)cc2n1CCCc1ccccc1. The fourth-order valence-corrected chi connectivity index (χ4v) is 3.01. The average molecular weight is 324 g/mol. The molecule has 3 aromatic rings. The smallest absolute Gasteiger partial charge is 0.268 e. The molecule has 2 heterocycles. The summed E-state index contributed by atoms with van der Waals surface area (Å²) in [4.78, 5) is 12.4. The van der Waals surface area contributed by atoms with Crippen LogP contribution in [-0.4, -0.2) is 17.0 Å². The van der Waals surface area contributed by atoms with E-state index in [4.69, 9.17) is 4.42 Å². The molecule has 0 saturated carbocycles. The van der Waals surface area contributed by atoms with Gasteiger partial charge in [-0.15, -0.1) is 0 Å². The van der Waals surface area contributed by atoms with Crippen molar-refractivity contribution in [3.8, 4) is 0 Å². The van der Waals surface area contributed by atoms with Gasteiger partial charge in [0.1, 0.15) is 11.5 Å². The zero-order chi connectivity index (χ0) is 16.9. The molecule has 0 bridgehead atoms. The number of hydrogen-bond acceptors (Lipinski definition) is 2. The number of nitrogens with zero attached hydrogens (tertiary/aromatic N) is 1. The quantitative estimate of drug-likeness (QED) is 0.704. The molecule has 3 rings (SSSR count). The summed E-state index contributed by atoms with van der Waals surface area (Å²) < 4.78 is 7.79. The largest absolute Gasteiger partial charge is 0.460 e. The van der Waals surface area contributed by atoms with E-state index in [0.717, 1.165) is 42.7 Å². The van der Waals surface area contributed by atoms with Gasteiger partial charge in [0.15, 0.2) is 5.58 Å². The molecule has 126 valence electrons. The number of carbonyl (C=O) groups excluding carboxylic acids is 1. The Labute approximate surface area is 142 Å². The summed E-state index contributed by atoms with van der Waals surface area (Å²) in [5.41, 5.74) is 3.79. The number of amides is 1. The Bertz CT molecular complexity index is 815. The molecule has 1 N–H and O–H groups in total. The van der Waals surface area contributed by atoms with Crippen LogP contribution < -0.4 is 5.32 Å². The van der Waals surface area contributed by atoms with Gasteiger partial charge >= 0.3 is 0 Å². The molecule has 0 fully saturated rings. The maximum atomic E-state index is 12.4. The number of fused-ring (bicyclic) bond motifs is 1. The zero-order valence-electron chi connectivity index (χ0n) is 14.3. The topological polar surface area (TPSA) is 47.2 Å². The molecule has 0 unspecified atom stereocenters. The molecule has 4 nitrogen and oxygen atoms in total. The lowest BCUT2D eigenvalue weighted by Crippen LogP contribution is -2.26. The van der Waals surface area contributed by atoms with Crippen molar-refractivity contribution in [2.45, 2.75) is 39.7 Å². The molecular weight excluding hydrogens is 300 g/mol. The summed E-state index contributed by atoms with van der Waals surface area (Å²) in [7, 11) is 0. The molecule has 0 aliphatic carbocycles. The van der Waals surface area contributed by atoms with Gasteiger partial charge < -0.3 is 14.3 Å². The van der Waals surface area contributed by atoms with Crippen LogP contribution in [0.1, 0.15) is 41.6 Å². The highest BCUT2D eigenvalue weighted by Crippen LogP contribution is 2.24. The van der Waals surface area contributed by atoms with Crippen molar-refractivity contribution >= 4 is 17.0 Å². The zero-order valence-corrected chi connectivity index (χ0v) is 14.3. The molecule has 0 aliphatic rings. The number of aryl methyl sites for hydroxylation is 3. The van der Waals surface area contributed by atoms with E-state index in [0.29, 0.717) is 12.2 Å². The van der Waals surface area contributed by atoms with E-state index in [9.17, 15) is 4.79 Å². The van der Waals surface area contributed by atoms with Crippen LogP contribution >= 0.6 is 0 Å². The molecular formula is C20H24N2O2. The maximum Gasteiger partial charge on any atom is 0.268 e. The van der Waals surface area contributed by atoms with Crippen LogP contribution in [0.2, 0.25) is 0 Å². The van der Waals surface area contributed by atoms with E-state index < -0.39 is 0 Å². The van der Waals surface area contributed by atoms with Gasteiger partial charge in [0.25, 0.3) is 5.91 Å². The number of aromatic nitrogens is 1. The van der Waals surface area contributed by atoms with Gasteiger partial charge in [-0.2, -0.15) is 0 Å². The minimum absolute atomic E-state index is 0.0272. The van der Waals surface area contributed by atoms with Crippen molar-refractivity contribution < 1.29 is 9.21 Å². The Kier molecular flexibility index (Phi) is 5.04. The van der Waals surface area contributed by atoms with Crippen molar-refractivity contribution in [2.24, 2.45) is 0 Å². The lowest BCUT2D eigenvalue weighted by atomic mass is 10.1. The van der Waals surface area contributed by atoms with Crippen LogP contribution in [0.5, 0.6) is 0 Å². The Morgan fingerprint density at radius 1 is 1.21 bits per heavy atom. The third-order valence-electron chi connectivity index (χ3n) is 4.17. The second-order valence-corrected chi connectivity index (χ2v) is 6.13. The minimum atomic E-state index is -0.0272. The van der Waals surface area contributed by atoms with Gasteiger partial charge in [0.2, 0.25) is 0 Å². The summed E-state index contributed by atoms with van der Waals surface area (Å²) in [5.74, 6) is 0.845. The van der Waals surface area contributed by atoms with E-state index in [1.165, 1.54) is 5.56 Å². The first-order chi connectivity index (χ1) is 11.7. The maximum absolute atomic E-state index is 12.4. The number of carbonyl (C=O) groups is 1. The van der Waals surface area contributed by atoms with Crippen LogP contribution in [0, 0.1) is 6.92 Å². The number of furan rings is 1. The standard InChI is InChI=1S/C20H24N2O2/c1-3-11-21-20(23)18-14-19-17(13-15(2)24-19)22(18)12-7-10-16-8-5-4-6-9-16/h4-6,8-9,13-14H,3,7,10-12H2,1-2H3,(H,21,23). The molecule has 0 atom stereocenters. The second kappa shape index (κ2) is 7.39. The summed E-state index contributed by atoms with van der Waals surface area (Å²) in [5, 5.41) is 2.96. The molecule has 2 aromatic heterocycles. The summed E-state index contributed by atoms with van der Waals surface area (Å²) in [6.07, 6.45) is 2.90. The minimum Gasteiger partial charge on any atom is -0.460 e. The number of nitrogens with one attached hydrogen (secondary N) is 1. The number of rotatable bonds is 7. The summed E-state index contributed by atoms with van der Waals surface area (Å²) in [6.45, 7) is 5.47. The lowest BCUT2D eigenvalue weighted by Gasteiger charge is -2.10. The molecule has 4 heteroatoms. The monoisotopic (exact) mass is 324 g/mol. The summed E-state index contributed by atoms with van der Waals surface area (Å²) in [6, 6.07) is 14.3. The first-order valence-corrected chi connectivity index (χ1v) is 8.61. The van der Waals surface area contributed by atoms with E-state index in [1.54, 1.807) is 0 Å². The van der Waals surface area contributed by atoms with Gasteiger partial charge in [0.05, 0.1) is 5.52 Å². The lowest BCUT2D eigenvalue weighted by molar-refractivity contribution is 0.0944. The Morgan fingerprint density at radius 2 is 2.00 bits per heavy atom. The van der Waals surface area contributed by atoms with Crippen LogP contribution in [0.25, 0.3) is 11.1 Å². The van der Waals surface area contributed by atoms with Gasteiger partial charge in [0, 0.05) is 25.2 Å². The molecule has 0 saturated heterocycles. The highest BCUT2D eigenvalue weighted by atomic mass is 16.3. The van der Waals surface area contributed by atoms with Crippen LogP contribution in [0.3, 0.4) is 0 Å². The predicted octanol–water partition coefficient (Wildman–Crippen LogP) is 4.32. The Morgan fingerprint density at radius 3 is 2.75 bits per heavy atom. The Balaban J connectivity index is 1.79. The van der Waals surface area contributed by atoms with Crippen LogP contribution in [0.4, 0.5) is 0 Å². The highest BCUT2D eigenvalue weighted by molar-refractivity contribution is 5.97. The third kappa shape index (κ3) is 3.53. The van der Waals surface area contributed by atoms with Gasteiger partial charge in [-0.1, -0.05) is 37.3 Å². The van der Waals surface area contributed by atoms with Crippen LogP contribution in [-0.2, 0) is 13.0 Å². The molecule has 0 spiro atoms. The Hall–Kier alpha value is -2.49.